The van der Waals surface area contributed by atoms with Gasteiger partial charge in [-0.1, -0.05) is 41.4 Å². The number of halogens is 4. The zero-order chi connectivity index (χ0) is 28.4. The van der Waals surface area contributed by atoms with Gasteiger partial charge in [0.15, 0.2) is 0 Å². The second kappa shape index (κ2) is 12.0. The highest BCUT2D eigenvalue weighted by molar-refractivity contribution is 6.30. The van der Waals surface area contributed by atoms with Crippen molar-refractivity contribution in [3.63, 3.8) is 0 Å². The number of rotatable bonds is 9. The molecule has 1 aromatic heterocycles. The third kappa shape index (κ3) is 5.21. The summed E-state index contributed by atoms with van der Waals surface area (Å²) in [6, 6.07) is 9.57. The van der Waals surface area contributed by atoms with Crippen LogP contribution in [0.4, 0.5) is 8.78 Å². The first-order chi connectivity index (χ1) is 19.3. The molecular formula is C29H30Cl2F2N4O3. The van der Waals surface area contributed by atoms with Gasteiger partial charge in [-0.05, 0) is 73.2 Å². The number of aliphatic hydroxyl groups excluding tert-OH is 1. The minimum absolute atomic E-state index is 0.0332. The predicted octanol–water partition coefficient (Wildman–Crippen LogP) is 5.61. The molecule has 1 amide bonds. The van der Waals surface area contributed by atoms with Gasteiger partial charge in [0.25, 0.3) is 11.7 Å². The molecule has 212 valence electrons. The summed E-state index contributed by atoms with van der Waals surface area (Å²) >= 11 is 12.2. The van der Waals surface area contributed by atoms with E-state index in [-0.39, 0.29) is 36.5 Å². The summed E-state index contributed by atoms with van der Waals surface area (Å²) in [6.07, 6.45) is 4.18. The van der Waals surface area contributed by atoms with Crippen LogP contribution < -0.4 is 0 Å². The number of hydrogen-bond donors (Lipinski definition) is 1. The molecule has 0 bridgehead atoms. The number of aliphatic hydroxyl groups is 1. The third-order valence-corrected chi connectivity index (χ3v) is 8.32. The fourth-order valence-corrected chi connectivity index (χ4v) is 6.16. The second-order valence-electron chi connectivity index (χ2n) is 10.1. The van der Waals surface area contributed by atoms with Crippen LogP contribution in [0.2, 0.25) is 10.0 Å². The van der Waals surface area contributed by atoms with Gasteiger partial charge in [0.1, 0.15) is 5.82 Å². The molecule has 2 aliphatic heterocycles. The predicted molar refractivity (Wildman–Crippen MR) is 148 cm³/mol. The largest absolute Gasteiger partial charge is 0.396 e. The normalized spacial score (nSPS) is 20.6. The minimum Gasteiger partial charge on any atom is -0.396 e. The van der Waals surface area contributed by atoms with Crippen LogP contribution in [0.5, 0.6) is 0 Å². The van der Waals surface area contributed by atoms with E-state index in [1.165, 1.54) is 19.5 Å². The molecule has 11 heteroatoms. The smallest absolute Gasteiger partial charge is 0.281 e. The maximum atomic E-state index is 18.1. The minimum atomic E-state index is -2.46. The Hall–Kier alpha value is -2.69. The quantitative estimate of drug-likeness (QED) is 0.326. The van der Waals surface area contributed by atoms with Crippen molar-refractivity contribution in [3.05, 3.63) is 81.4 Å². The Kier molecular flexibility index (Phi) is 8.68. The fraction of sp³-hybridized carbons (Fsp3) is 0.414. The Morgan fingerprint density at radius 1 is 1.07 bits per heavy atom. The van der Waals surface area contributed by atoms with Gasteiger partial charge < -0.3 is 5.11 Å². The van der Waals surface area contributed by atoms with Crippen molar-refractivity contribution in [3.8, 4) is 11.1 Å². The van der Waals surface area contributed by atoms with Crippen molar-refractivity contribution in [2.75, 3.05) is 33.5 Å². The summed E-state index contributed by atoms with van der Waals surface area (Å²) in [5.74, 6) is -2.79. The van der Waals surface area contributed by atoms with Crippen molar-refractivity contribution in [2.24, 2.45) is 5.92 Å². The molecule has 0 radical (unpaired) electrons. The first kappa shape index (κ1) is 28.8. The molecule has 2 aromatic carbocycles. The number of alkyl halides is 2. The highest BCUT2D eigenvalue weighted by Crippen LogP contribution is 2.50. The molecule has 1 saturated heterocycles. The Morgan fingerprint density at radius 3 is 2.33 bits per heavy atom. The molecule has 1 fully saturated rings. The van der Waals surface area contributed by atoms with Crippen molar-refractivity contribution in [1.82, 2.24) is 19.9 Å². The van der Waals surface area contributed by atoms with Gasteiger partial charge in [-0.3, -0.25) is 18.9 Å². The first-order valence-electron chi connectivity index (χ1n) is 13.2. The monoisotopic (exact) mass is 590 g/mol. The average Bonchev–Trinajstić information content (AvgIpc) is 3.20. The molecule has 2 aliphatic rings. The number of likely N-dealkylation sites (tertiary alicyclic amines) is 1. The summed E-state index contributed by atoms with van der Waals surface area (Å²) in [7, 11) is 1.26. The van der Waals surface area contributed by atoms with E-state index >= 15 is 4.39 Å². The van der Waals surface area contributed by atoms with Crippen molar-refractivity contribution in [1.29, 1.82) is 0 Å². The van der Waals surface area contributed by atoms with E-state index in [0.717, 1.165) is 10.6 Å². The van der Waals surface area contributed by atoms with Crippen LogP contribution in [0.1, 0.15) is 46.6 Å². The summed E-state index contributed by atoms with van der Waals surface area (Å²) in [4.78, 5) is 29.7. The summed E-state index contributed by atoms with van der Waals surface area (Å²) < 4.78 is 31.5. The number of benzene rings is 2. The lowest BCUT2D eigenvalue weighted by Gasteiger charge is -2.45. The van der Waals surface area contributed by atoms with Crippen LogP contribution in [-0.2, 0) is 17.1 Å². The van der Waals surface area contributed by atoms with E-state index < -0.39 is 24.4 Å². The van der Waals surface area contributed by atoms with Gasteiger partial charge in [0.2, 0.25) is 0 Å². The van der Waals surface area contributed by atoms with Crippen LogP contribution in [0.3, 0.4) is 0 Å². The molecule has 40 heavy (non-hydrogen) atoms. The number of nitrogens with zero attached hydrogens (tertiary/aromatic N) is 4. The van der Waals surface area contributed by atoms with Gasteiger partial charge in [-0.15, -0.1) is 0 Å². The Balaban J connectivity index is 1.72. The van der Waals surface area contributed by atoms with E-state index in [1.54, 1.807) is 24.3 Å². The number of hydrogen-bond acceptors (Lipinski definition) is 6. The molecule has 7 nitrogen and oxygen atoms in total. The number of carbonyl (C=O) groups excluding carboxylic acids is 1. The molecule has 2 atom stereocenters. The molecule has 3 aromatic rings. The zero-order valence-corrected chi connectivity index (χ0v) is 23.5. The topological polar surface area (TPSA) is 78.8 Å². The third-order valence-electron chi connectivity index (χ3n) is 7.87. The molecule has 3 heterocycles. The molecule has 5 rings (SSSR count). The number of piperidine rings is 1. The highest BCUT2D eigenvalue weighted by Gasteiger charge is 2.59. The lowest BCUT2D eigenvalue weighted by Crippen LogP contribution is -2.57. The lowest BCUT2D eigenvalue weighted by molar-refractivity contribution is -0.237. The van der Waals surface area contributed by atoms with E-state index in [4.69, 9.17) is 28.0 Å². The van der Waals surface area contributed by atoms with Crippen LogP contribution in [0.15, 0.2) is 48.8 Å². The Bertz CT molecular complexity index is 1350. The van der Waals surface area contributed by atoms with Gasteiger partial charge in [0.05, 0.1) is 30.4 Å². The average molecular weight is 591 g/mol. The SMILES string of the molecule is CON1C(=O)c2ccc(-c3ccc(Cl)cc3)c(Cc3ncc(Cl)cn3)c2[C@@]1(F)C(CCO)N1CCC(CF)CC1. The second-order valence-corrected chi connectivity index (χ2v) is 11.0. The maximum absolute atomic E-state index is 18.1. The van der Waals surface area contributed by atoms with Gasteiger partial charge in [0, 0.05) is 36.0 Å². The van der Waals surface area contributed by atoms with Gasteiger partial charge in [-0.25, -0.2) is 14.4 Å². The molecule has 1 N–H and O–H groups in total. The van der Waals surface area contributed by atoms with Gasteiger partial charge >= 0.3 is 0 Å². The summed E-state index contributed by atoms with van der Waals surface area (Å²) in [5.41, 5.74) is 2.27. The first-order valence-corrected chi connectivity index (χ1v) is 13.9. The Morgan fingerprint density at radius 2 is 1.73 bits per heavy atom. The van der Waals surface area contributed by atoms with Crippen LogP contribution >= 0.6 is 23.2 Å². The number of carbonyl (C=O) groups is 1. The molecule has 0 saturated carbocycles. The summed E-state index contributed by atoms with van der Waals surface area (Å²) in [6.45, 7) is 0.116. The molecule has 0 aliphatic carbocycles. The maximum Gasteiger partial charge on any atom is 0.281 e. The van der Waals surface area contributed by atoms with E-state index in [9.17, 15) is 14.3 Å². The van der Waals surface area contributed by atoms with E-state index in [1.807, 2.05) is 17.0 Å². The highest BCUT2D eigenvalue weighted by atomic mass is 35.5. The lowest BCUT2D eigenvalue weighted by atomic mass is 9.83. The van der Waals surface area contributed by atoms with Crippen LogP contribution in [-0.4, -0.2) is 70.5 Å². The van der Waals surface area contributed by atoms with Gasteiger partial charge in [-0.2, -0.15) is 5.06 Å². The molecule has 0 spiro atoms. The van der Waals surface area contributed by atoms with E-state index in [0.29, 0.717) is 52.9 Å². The van der Waals surface area contributed by atoms with Crippen molar-refractivity contribution < 1.29 is 23.5 Å². The standard InChI is InChI=1S/C29H30Cl2F2N4O3/c1-40-37-28(39)23-7-6-22(19-2-4-20(30)5-3-19)24(14-26-34-16-21(31)17-35-26)27(23)29(37,33)25(10-13-38)36-11-8-18(15-32)9-12-36/h2-7,16-18,25,38H,8-15H2,1H3/t25?,29-/m1/s1. The zero-order valence-electron chi connectivity index (χ0n) is 22.0. The Labute approximate surface area is 241 Å². The van der Waals surface area contributed by atoms with Crippen molar-refractivity contribution >= 4 is 29.1 Å². The van der Waals surface area contributed by atoms with E-state index in [2.05, 4.69) is 9.97 Å². The summed E-state index contributed by atoms with van der Waals surface area (Å²) in [5, 5.41) is 11.7. The number of amides is 1. The molecule has 1 unspecified atom stereocenters. The van der Waals surface area contributed by atoms with Crippen LogP contribution in [0.25, 0.3) is 11.1 Å². The van der Waals surface area contributed by atoms with Crippen molar-refractivity contribution in [2.45, 2.75) is 37.5 Å². The fourth-order valence-electron chi connectivity index (χ4n) is 5.93. The number of fused-ring (bicyclic) bond motifs is 1. The molecular weight excluding hydrogens is 561 g/mol. The number of hydroxylamine groups is 2. The van der Waals surface area contributed by atoms with Crippen LogP contribution in [0, 0.1) is 5.92 Å². The number of aromatic nitrogens is 2.